The average Bonchev–Trinajstić information content (AvgIpc) is 3.08. The third kappa shape index (κ3) is 3.70. The Morgan fingerprint density at radius 1 is 1.45 bits per heavy atom. The number of nitrogen functional groups attached to an aromatic ring is 1. The van der Waals surface area contributed by atoms with Gasteiger partial charge in [-0.3, -0.25) is 14.5 Å². The molecule has 7 nitrogen and oxygen atoms in total. The number of hydrogen-bond donors (Lipinski definition) is 2. The Bertz CT molecular complexity index is 1130. The first-order valence-electron chi connectivity index (χ1n) is 9.78. The van der Waals surface area contributed by atoms with E-state index in [1.54, 1.807) is 18.5 Å². The van der Waals surface area contributed by atoms with Gasteiger partial charge in [0.05, 0.1) is 17.6 Å². The van der Waals surface area contributed by atoms with Crippen LogP contribution in [0.4, 0.5) is 10.2 Å². The Morgan fingerprint density at radius 3 is 3.07 bits per heavy atom. The van der Waals surface area contributed by atoms with Crippen molar-refractivity contribution in [2.24, 2.45) is 5.92 Å². The van der Waals surface area contributed by atoms with E-state index in [1.165, 1.54) is 12.2 Å². The predicted octanol–water partition coefficient (Wildman–Crippen LogP) is 3.06. The first-order valence-corrected chi connectivity index (χ1v) is 9.78. The highest BCUT2D eigenvalue weighted by atomic mass is 19.1. The van der Waals surface area contributed by atoms with Crippen molar-refractivity contribution in [1.82, 2.24) is 25.1 Å². The zero-order valence-corrected chi connectivity index (χ0v) is 16.2. The molecule has 29 heavy (non-hydrogen) atoms. The van der Waals surface area contributed by atoms with Crippen molar-refractivity contribution in [3.63, 3.8) is 0 Å². The number of aromatic nitrogens is 4. The summed E-state index contributed by atoms with van der Waals surface area (Å²) >= 11 is 0. The molecule has 1 aliphatic carbocycles. The molecule has 0 spiro atoms. The molecule has 8 heteroatoms. The Labute approximate surface area is 167 Å². The van der Waals surface area contributed by atoms with Crippen LogP contribution in [-0.2, 0) is 17.8 Å². The molecule has 0 fully saturated rings. The number of anilines is 1. The summed E-state index contributed by atoms with van der Waals surface area (Å²) in [6, 6.07) is 1.91. The van der Waals surface area contributed by atoms with Gasteiger partial charge < -0.3 is 11.1 Å². The maximum atomic E-state index is 13.1. The van der Waals surface area contributed by atoms with Crippen LogP contribution in [0, 0.1) is 5.92 Å². The van der Waals surface area contributed by atoms with E-state index in [0.29, 0.717) is 30.7 Å². The van der Waals surface area contributed by atoms with Crippen LogP contribution in [0.5, 0.6) is 0 Å². The van der Waals surface area contributed by atoms with Crippen LogP contribution in [0.3, 0.4) is 0 Å². The van der Waals surface area contributed by atoms with Gasteiger partial charge in [0, 0.05) is 42.2 Å². The molecule has 0 bridgehead atoms. The van der Waals surface area contributed by atoms with Crippen LogP contribution < -0.4 is 11.1 Å². The zero-order chi connectivity index (χ0) is 20.4. The van der Waals surface area contributed by atoms with E-state index in [1.807, 2.05) is 10.7 Å². The third-order valence-corrected chi connectivity index (χ3v) is 5.10. The Morgan fingerprint density at radius 2 is 2.31 bits per heavy atom. The molecule has 1 amide bonds. The number of nitrogens with one attached hydrogen (secondary N) is 1. The van der Waals surface area contributed by atoms with Crippen molar-refractivity contribution < 1.29 is 9.18 Å². The van der Waals surface area contributed by atoms with Crippen molar-refractivity contribution >= 4 is 33.5 Å². The molecule has 0 saturated heterocycles. The van der Waals surface area contributed by atoms with Gasteiger partial charge in [0.15, 0.2) is 5.82 Å². The monoisotopic (exact) mass is 394 g/mol. The summed E-state index contributed by atoms with van der Waals surface area (Å²) in [6.45, 7) is 3.29. The van der Waals surface area contributed by atoms with Gasteiger partial charge in [0.25, 0.3) is 0 Å². The predicted molar refractivity (Wildman–Crippen MR) is 111 cm³/mol. The molecule has 1 unspecified atom stereocenters. The highest BCUT2D eigenvalue weighted by molar-refractivity contribution is 6.09. The summed E-state index contributed by atoms with van der Waals surface area (Å²) in [6.07, 6.45) is 9.70. The smallest absolute Gasteiger partial charge is 0.227 e. The number of pyridine rings is 2. The molecule has 0 saturated carbocycles. The van der Waals surface area contributed by atoms with Crippen LogP contribution in [0.25, 0.3) is 21.8 Å². The first-order chi connectivity index (χ1) is 14.1. The quantitative estimate of drug-likeness (QED) is 0.669. The maximum absolute atomic E-state index is 13.1. The van der Waals surface area contributed by atoms with Gasteiger partial charge in [-0.15, -0.1) is 0 Å². The number of rotatable bonds is 6. The third-order valence-electron chi connectivity index (χ3n) is 5.10. The molecule has 150 valence electrons. The van der Waals surface area contributed by atoms with Crippen molar-refractivity contribution in [2.45, 2.75) is 32.7 Å². The summed E-state index contributed by atoms with van der Waals surface area (Å²) in [5.74, 6) is -0.358. The molecule has 3 N–H and O–H groups in total. The zero-order valence-electron chi connectivity index (χ0n) is 16.2. The molecule has 3 aromatic heterocycles. The standard InChI is InChI=1S/C21H23FN6O/c1-2-11-28-17(8-10-25-21(29)13-3-5-14(22)6-4-13)18-15-7-9-24-12-16(15)26-20(23)19(18)27-28/h3,5-7,9,12-13H,2,4,8,10-11H2,1H3,(H2,23,26)(H,25,29). The second-order valence-corrected chi connectivity index (χ2v) is 7.11. The fourth-order valence-electron chi connectivity index (χ4n) is 3.70. The van der Waals surface area contributed by atoms with E-state index in [-0.39, 0.29) is 17.7 Å². The Kier molecular flexibility index (Phi) is 5.24. The lowest BCUT2D eigenvalue weighted by Crippen LogP contribution is -2.32. The fourth-order valence-corrected chi connectivity index (χ4v) is 3.70. The number of hydrogen-bond acceptors (Lipinski definition) is 5. The van der Waals surface area contributed by atoms with E-state index in [0.717, 1.165) is 34.9 Å². The molecular formula is C21H23FN6O. The molecule has 0 aromatic carbocycles. The number of nitrogens with two attached hydrogens (primary N) is 1. The molecule has 0 aliphatic heterocycles. The van der Waals surface area contributed by atoms with E-state index >= 15 is 0 Å². The SMILES string of the molecule is CCCn1nc2c(N)nc3cnccc3c2c1CCNC(=O)C1C=CC(F)=CC1. The largest absolute Gasteiger partial charge is 0.382 e. The van der Waals surface area contributed by atoms with E-state index in [9.17, 15) is 9.18 Å². The second-order valence-electron chi connectivity index (χ2n) is 7.11. The van der Waals surface area contributed by atoms with Crippen molar-refractivity contribution in [3.05, 3.63) is 48.2 Å². The summed E-state index contributed by atoms with van der Waals surface area (Å²) in [4.78, 5) is 21.0. The molecular weight excluding hydrogens is 371 g/mol. The number of nitrogens with zero attached hydrogens (tertiary/aromatic N) is 4. The summed E-state index contributed by atoms with van der Waals surface area (Å²) in [7, 11) is 0. The number of aryl methyl sites for hydroxylation is 1. The highest BCUT2D eigenvalue weighted by Crippen LogP contribution is 2.30. The first kappa shape index (κ1) is 19.0. The highest BCUT2D eigenvalue weighted by Gasteiger charge is 2.20. The van der Waals surface area contributed by atoms with Gasteiger partial charge in [-0.1, -0.05) is 13.0 Å². The van der Waals surface area contributed by atoms with E-state index < -0.39 is 0 Å². The summed E-state index contributed by atoms with van der Waals surface area (Å²) < 4.78 is 15.0. The lowest BCUT2D eigenvalue weighted by atomic mass is 9.99. The van der Waals surface area contributed by atoms with Gasteiger partial charge in [-0.05, 0) is 31.1 Å². The minimum atomic E-state index is -0.335. The molecule has 0 radical (unpaired) electrons. The van der Waals surface area contributed by atoms with Crippen molar-refractivity contribution in [2.75, 3.05) is 12.3 Å². The number of carbonyl (C=O) groups is 1. The number of halogens is 1. The molecule has 1 atom stereocenters. The van der Waals surface area contributed by atoms with Crippen LogP contribution in [0.15, 0.2) is 42.5 Å². The molecule has 3 aromatic rings. The lowest BCUT2D eigenvalue weighted by molar-refractivity contribution is -0.123. The van der Waals surface area contributed by atoms with E-state index in [4.69, 9.17) is 5.73 Å². The van der Waals surface area contributed by atoms with Gasteiger partial charge in [0.2, 0.25) is 5.91 Å². The maximum Gasteiger partial charge on any atom is 0.227 e. The van der Waals surface area contributed by atoms with Gasteiger partial charge in [-0.25, -0.2) is 9.37 Å². The molecule has 1 aliphatic rings. The Hall–Kier alpha value is -3.29. The Balaban J connectivity index is 1.61. The number of allylic oxidation sites excluding steroid dienone is 3. The summed E-state index contributed by atoms with van der Waals surface area (Å²) in [5, 5.41) is 9.55. The lowest BCUT2D eigenvalue weighted by Gasteiger charge is -2.14. The number of amides is 1. The number of fused-ring (bicyclic) bond motifs is 3. The van der Waals surface area contributed by atoms with Gasteiger partial charge in [0.1, 0.15) is 11.3 Å². The topological polar surface area (TPSA) is 98.7 Å². The van der Waals surface area contributed by atoms with Crippen LogP contribution in [-0.4, -0.2) is 32.2 Å². The normalized spacial score (nSPS) is 16.3. The fraction of sp³-hybridized carbons (Fsp3) is 0.333. The average molecular weight is 394 g/mol. The second kappa shape index (κ2) is 7.98. The van der Waals surface area contributed by atoms with Crippen LogP contribution in [0.1, 0.15) is 25.5 Å². The minimum Gasteiger partial charge on any atom is -0.382 e. The van der Waals surface area contributed by atoms with E-state index in [2.05, 4.69) is 27.3 Å². The van der Waals surface area contributed by atoms with Crippen molar-refractivity contribution in [1.29, 1.82) is 0 Å². The van der Waals surface area contributed by atoms with Crippen molar-refractivity contribution in [3.8, 4) is 0 Å². The van der Waals surface area contributed by atoms with Gasteiger partial charge in [-0.2, -0.15) is 5.10 Å². The van der Waals surface area contributed by atoms with Crippen LogP contribution in [0.2, 0.25) is 0 Å². The minimum absolute atomic E-state index is 0.105. The molecule has 3 heterocycles. The van der Waals surface area contributed by atoms with Gasteiger partial charge >= 0.3 is 0 Å². The van der Waals surface area contributed by atoms with Crippen LogP contribution >= 0.6 is 0 Å². The summed E-state index contributed by atoms with van der Waals surface area (Å²) in [5.41, 5.74) is 8.57. The molecule has 4 rings (SSSR count). The number of carbonyl (C=O) groups excluding carboxylic acids is 1.